The molecule has 2 atom stereocenters. The van der Waals surface area contributed by atoms with E-state index < -0.39 is 44.8 Å². The molecule has 0 saturated carbocycles. The summed E-state index contributed by atoms with van der Waals surface area (Å²) < 4.78 is 50.3. The van der Waals surface area contributed by atoms with Crippen molar-refractivity contribution in [3.05, 3.63) is 35.4 Å². The first kappa shape index (κ1) is 19.5. The third kappa shape index (κ3) is 4.97. The predicted molar refractivity (Wildman–Crippen MR) is 82.5 cm³/mol. The molecule has 0 aliphatic heterocycles. The summed E-state index contributed by atoms with van der Waals surface area (Å²) in [6, 6.07) is 2.69. The van der Waals surface area contributed by atoms with Gasteiger partial charge in [-0.05, 0) is 26.3 Å². The van der Waals surface area contributed by atoms with Gasteiger partial charge in [0.05, 0.1) is 12.3 Å². The van der Waals surface area contributed by atoms with Crippen LogP contribution in [0.15, 0.2) is 18.2 Å². The Morgan fingerprint density at radius 2 is 2.00 bits per heavy atom. The van der Waals surface area contributed by atoms with Crippen LogP contribution in [0.2, 0.25) is 0 Å². The number of halogens is 2. The van der Waals surface area contributed by atoms with Gasteiger partial charge in [-0.15, -0.1) is 0 Å². The van der Waals surface area contributed by atoms with E-state index >= 15 is 0 Å². The molecule has 0 spiro atoms. The van der Waals surface area contributed by atoms with E-state index in [1.54, 1.807) is 6.92 Å². The summed E-state index contributed by atoms with van der Waals surface area (Å²) in [5.74, 6) is -2.63. The Balaban J connectivity index is 2.81. The lowest BCUT2D eigenvalue weighted by Gasteiger charge is -2.25. The molecule has 1 rings (SSSR count). The van der Waals surface area contributed by atoms with Gasteiger partial charge in [0.25, 0.3) is 0 Å². The Bertz CT molecular complexity index is 674. The molecule has 0 aliphatic carbocycles. The molecule has 23 heavy (non-hydrogen) atoms. The zero-order chi connectivity index (χ0) is 17.8. The maximum Gasteiger partial charge on any atom is 0.238 e. The Hall–Kier alpha value is -1.54. The first-order valence-electron chi connectivity index (χ1n) is 7.18. The van der Waals surface area contributed by atoms with Crippen molar-refractivity contribution in [1.29, 1.82) is 0 Å². The number of amides is 1. The van der Waals surface area contributed by atoms with Crippen LogP contribution in [0.1, 0.15) is 32.8 Å². The van der Waals surface area contributed by atoms with E-state index in [1.165, 1.54) is 13.8 Å². The topological polar surface area (TPSA) is 83.5 Å². The summed E-state index contributed by atoms with van der Waals surface area (Å²) >= 11 is 0. The molecule has 1 aromatic rings. The molecule has 0 radical (unpaired) electrons. The van der Waals surface area contributed by atoms with E-state index in [0.29, 0.717) is 12.5 Å². The quantitative estimate of drug-likeness (QED) is 0.781. The average molecular weight is 349 g/mol. The third-order valence-electron chi connectivity index (χ3n) is 3.51. The van der Waals surface area contributed by atoms with Crippen molar-refractivity contribution in [3.63, 3.8) is 0 Å². The second kappa shape index (κ2) is 7.35. The normalized spacial score (nSPS) is 15.7. The van der Waals surface area contributed by atoms with Gasteiger partial charge < -0.3 is 10.4 Å². The van der Waals surface area contributed by atoms with Gasteiger partial charge in [-0.2, -0.15) is 0 Å². The smallest absolute Gasteiger partial charge is 0.238 e. The van der Waals surface area contributed by atoms with Gasteiger partial charge >= 0.3 is 0 Å². The Morgan fingerprint density at radius 1 is 1.39 bits per heavy atom. The second-order valence-corrected chi connectivity index (χ2v) is 8.07. The number of hydrogen-bond donors (Lipinski definition) is 2. The van der Waals surface area contributed by atoms with Crippen molar-refractivity contribution in [1.82, 2.24) is 5.32 Å². The van der Waals surface area contributed by atoms with Gasteiger partial charge in [0.15, 0.2) is 9.84 Å². The predicted octanol–water partition coefficient (Wildman–Crippen LogP) is 1.50. The van der Waals surface area contributed by atoms with Crippen LogP contribution < -0.4 is 5.32 Å². The highest BCUT2D eigenvalue weighted by Crippen LogP contribution is 2.23. The van der Waals surface area contributed by atoms with Gasteiger partial charge in [-0.25, -0.2) is 17.2 Å². The lowest BCUT2D eigenvalue weighted by Crippen LogP contribution is -2.45. The molecule has 130 valence electrons. The summed E-state index contributed by atoms with van der Waals surface area (Å²) in [4.78, 5) is 11.9. The SMILES string of the molecule is CCCS(=O)(=O)[C@H](C)C(=O)NC[C@](C)(O)c1ccc(F)cc1F. The third-order valence-corrected chi connectivity index (χ3v) is 5.78. The van der Waals surface area contributed by atoms with E-state index in [9.17, 15) is 27.1 Å². The number of carbonyl (C=O) groups is 1. The number of carbonyl (C=O) groups excluding carboxylic acids is 1. The Kier molecular flexibility index (Phi) is 6.24. The number of rotatable bonds is 7. The van der Waals surface area contributed by atoms with Crippen LogP contribution >= 0.6 is 0 Å². The zero-order valence-corrected chi connectivity index (χ0v) is 14.1. The van der Waals surface area contributed by atoms with Gasteiger partial charge in [-0.3, -0.25) is 4.79 Å². The lowest BCUT2D eigenvalue weighted by atomic mass is 9.95. The van der Waals surface area contributed by atoms with E-state index in [1.807, 2.05) is 0 Å². The van der Waals surface area contributed by atoms with Gasteiger partial charge in [0, 0.05) is 11.6 Å². The summed E-state index contributed by atoms with van der Waals surface area (Å²) in [7, 11) is -3.57. The number of aliphatic hydroxyl groups is 1. The highest BCUT2D eigenvalue weighted by molar-refractivity contribution is 7.92. The van der Waals surface area contributed by atoms with E-state index in [4.69, 9.17) is 0 Å². The van der Waals surface area contributed by atoms with E-state index in [0.717, 1.165) is 12.1 Å². The van der Waals surface area contributed by atoms with Crippen LogP contribution in [0.25, 0.3) is 0 Å². The van der Waals surface area contributed by atoms with Crippen LogP contribution in [0.5, 0.6) is 0 Å². The fraction of sp³-hybridized carbons (Fsp3) is 0.533. The zero-order valence-electron chi connectivity index (χ0n) is 13.3. The van der Waals surface area contributed by atoms with Gasteiger partial charge in [-0.1, -0.05) is 13.0 Å². The molecule has 8 heteroatoms. The highest BCUT2D eigenvalue weighted by atomic mass is 32.2. The van der Waals surface area contributed by atoms with Crippen molar-refractivity contribution in [2.45, 2.75) is 38.0 Å². The van der Waals surface area contributed by atoms with E-state index in [2.05, 4.69) is 5.32 Å². The second-order valence-electron chi connectivity index (χ2n) is 5.63. The van der Waals surface area contributed by atoms with Gasteiger partial charge in [0.2, 0.25) is 5.91 Å². The van der Waals surface area contributed by atoms with Crippen molar-refractivity contribution < 1.29 is 27.1 Å². The lowest BCUT2D eigenvalue weighted by molar-refractivity contribution is -0.121. The van der Waals surface area contributed by atoms with Crippen LogP contribution in [0, 0.1) is 11.6 Å². The van der Waals surface area contributed by atoms with Crippen LogP contribution in [-0.4, -0.2) is 37.0 Å². The number of benzene rings is 1. The minimum atomic E-state index is -3.57. The fourth-order valence-corrected chi connectivity index (χ4v) is 3.38. The molecule has 1 aromatic carbocycles. The Morgan fingerprint density at radius 3 is 2.52 bits per heavy atom. The number of nitrogens with one attached hydrogen (secondary N) is 1. The minimum absolute atomic E-state index is 0.120. The molecule has 0 heterocycles. The first-order chi connectivity index (χ1) is 10.5. The average Bonchev–Trinajstić information content (AvgIpc) is 2.43. The molecule has 0 bridgehead atoms. The number of sulfone groups is 1. The number of hydrogen-bond acceptors (Lipinski definition) is 4. The first-order valence-corrected chi connectivity index (χ1v) is 8.90. The van der Waals surface area contributed by atoms with Crippen LogP contribution in [0.4, 0.5) is 8.78 Å². The maximum absolute atomic E-state index is 13.7. The molecular formula is C15H21F2NO4S. The summed E-state index contributed by atoms with van der Waals surface area (Å²) in [6.45, 7) is 3.78. The molecule has 0 saturated heterocycles. The fourth-order valence-electron chi connectivity index (χ4n) is 2.05. The van der Waals surface area contributed by atoms with Crippen LogP contribution in [0.3, 0.4) is 0 Å². The standard InChI is InChI=1S/C15H21F2NO4S/c1-4-7-23(21,22)10(2)14(19)18-9-15(3,20)12-6-5-11(16)8-13(12)17/h5-6,8,10,20H,4,7,9H2,1-3H3,(H,18,19)/t10-,15+/m1/s1. The monoisotopic (exact) mass is 349 g/mol. The van der Waals surface area contributed by atoms with Crippen molar-refractivity contribution in [2.75, 3.05) is 12.3 Å². The van der Waals surface area contributed by atoms with Crippen molar-refractivity contribution in [3.8, 4) is 0 Å². The Labute approximate surface area is 134 Å². The molecule has 0 fully saturated rings. The molecule has 2 N–H and O–H groups in total. The van der Waals surface area contributed by atoms with E-state index in [-0.39, 0.29) is 11.3 Å². The summed E-state index contributed by atoms with van der Waals surface area (Å²) in [6.07, 6.45) is 0.387. The van der Waals surface area contributed by atoms with Crippen molar-refractivity contribution >= 4 is 15.7 Å². The van der Waals surface area contributed by atoms with Crippen LogP contribution in [-0.2, 0) is 20.2 Å². The molecular weight excluding hydrogens is 328 g/mol. The molecule has 1 amide bonds. The summed E-state index contributed by atoms with van der Waals surface area (Å²) in [5.41, 5.74) is -2.00. The largest absolute Gasteiger partial charge is 0.383 e. The summed E-state index contributed by atoms with van der Waals surface area (Å²) in [5, 5.41) is 11.3. The maximum atomic E-state index is 13.7. The van der Waals surface area contributed by atoms with Crippen molar-refractivity contribution in [2.24, 2.45) is 0 Å². The highest BCUT2D eigenvalue weighted by Gasteiger charge is 2.31. The molecule has 0 aromatic heterocycles. The molecule has 0 unspecified atom stereocenters. The molecule has 5 nitrogen and oxygen atoms in total. The van der Waals surface area contributed by atoms with Gasteiger partial charge in [0.1, 0.15) is 22.5 Å². The molecule has 0 aliphatic rings. The minimum Gasteiger partial charge on any atom is -0.383 e.